The highest BCUT2D eigenvalue weighted by molar-refractivity contribution is 9.10. The number of aliphatic hydroxyl groups is 1. The summed E-state index contributed by atoms with van der Waals surface area (Å²) in [5.41, 5.74) is 2.44. The Morgan fingerprint density at radius 3 is 2.70 bits per heavy atom. The monoisotopic (exact) mass is 332 g/mol. The number of rotatable bonds is 3. The zero-order chi connectivity index (χ0) is 14.1. The molecule has 5 heteroatoms. The van der Waals surface area contributed by atoms with Crippen molar-refractivity contribution in [3.8, 4) is 17.1 Å². The van der Waals surface area contributed by atoms with Gasteiger partial charge in [0.25, 0.3) is 0 Å². The summed E-state index contributed by atoms with van der Waals surface area (Å²) in [5.74, 6) is 0.819. The minimum absolute atomic E-state index is 0.0185. The Bertz CT molecular complexity index is 768. The molecular weight excluding hydrogens is 320 g/mol. The fourth-order valence-corrected chi connectivity index (χ4v) is 2.65. The number of aliphatic hydroxyl groups excluding tert-OH is 1. The standard InChI is InChI=1S/C15H13BrN2O2/c16-10-5-6-11(14(20)9-10)15-17-12-3-1-2-4-13(12)18(15)7-8-19/h1-6,9,19-20H,7-8H2. The number of hydrogen-bond acceptors (Lipinski definition) is 3. The number of phenolic OH excluding ortho intramolecular Hbond substituents is 1. The van der Waals surface area contributed by atoms with E-state index in [0.29, 0.717) is 17.9 Å². The molecule has 0 spiro atoms. The molecule has 4 nitrogen and oxygen atoms in total. The van der Waals surface area contributed by atoms with E-state index in [1.54, 1.807) is 6.07 Å². The van der Waals surface area contributed by atoms with Crippen molar-refractivity contribution in [2.75, 3.05) is 6.61 Å². The minimum Gasteiger partial charge on any atom is -0.507 e. The summed E-state index contributed by atoms with van der Waals surface area (Å²) < 4.78 is 2.72. The number of hydrogen-bond donors (Lipinski definition) is 2. The molecule has 0 unspecified atom stereocenters. The van der Waals surface area contributed by atoms with E-state index in [1.807, 2.05) is 41.0 Å². The Labute approximate surface area is 124 Å². The summed E-state index contributed by atoms with van der Waals surface area (Å²) in [6.45, 7) is 0.454. The lowest BCUT2D eigenvalue weighted by molar-refractivity contribution is 0.278. The average Bonchev–Trinajstić information content (AvgIpc) is 2.78. The van der Waals surface area contributed by atoms with Crippen LogP contribution in [0.25, 0.3) is 22.4 Å². The summed E-state index contributed by atoms with van der Waals surface area (Å²) in [4.78, 5) is 4.57. The SMILES string of the molecule is OCCn1c(-c2ccc(Br)cc2O)nc2ccccc21. The number of aromatic hydroxyl groups is 1. The molecule has 20 heavy (non-hydrogen) atoms. The highest BCUT2D eigenvalue weighted by Crippen LogP contribution is 2.33. The first-order chi connectivity index (χ1) is 9.70. The van der Waals surface area contributed by atoms with Gasteiger partial charge in [-0.15, -0.1) is 0 Å². The smallest absolute Gasteiger partial charge is 0.144 e. The average molecular weight is 333 g/mol. The molecule has 0 amide bonds. The lowest BCUT2D eigenvalue weighted by Crippen LogP contribution is -2.04. The number of nitrogens with zero attached hydrogens (tertiary/aromatic N) is 2. The molecule has 0 saturated heterocycles. The Kier molecular flexibility index (Phi) is 3.46. The minimum atomic E-state index is 0.0185. The first-order valence-corrected chi connectivity index (χ1v) is 7.05. The molecule has 0 bridgehead atoms. The molecule has 2 aromatic carbocycles. The zero-order valence-corrected chi connectivity index (χ0v) is 12.2. The maximum Gasteiger partial charge on any atom is 0.144 e. The van der Waals surface area contributed by atoms with Crippen LogP contribution >= 0.6 is 15.9 Å². The molecule has 1 heterocycles. The molecule has 0 atom stereocenters. The third-order valence-corrected chi connectivity index (χ3v) is 3.67. The number of imidazole rings is 1. The maximum atomic E-state index is 10.1. The van der Waals surface area contributed by atoms with Gasteiger partial charge in [0, 0.05) is 11.0 Å². The second-order valence-electron chi connectivity index (χ2n) is 4.46. The van der Waals surface area contributed by atoms with Crippen molar-refractivity contribution in [2.24, 2.45) is 0 Å². The summed E-state index contributed by atoms with van der Waals surface area (Å²) in [7, 11) is 0. The van der Waals surface area contributed by atoms with Crippen LogP contribution in [-0.4, -0.2) is 26.4 Å². The van der Waals surface area contributed by atoms with Gasteiger partial charge in [-0.3, -0.25) is 0 Å². The second-order valence-corrected chi connectivity index (χ2v) is 5.38. The quantitative estimate of drug-likeness (QED) is 0.774. The number of fused-ring (bicyclic) bond motifs is 1. The molecule has 3 aromatic rings. The van der Waals surface area contributed by atoms with Gasteiger partial charge in [-0.05, 0) is 30.3 Å². The molecular formula is C15H13BrN2O2. The Morgan fingerprint density at radius 1 is 1.15 bits per heavy atom. The molecule has 0 aliphatic rings. The highest BCUT2D eigenvalue weighted by atomic mass is 79.9. The van der Waals surface area contributed by atoms with Crippen LogP contribution in [0.5, 0.6) is 5.75 Å². The van der Waals surface area contributed by atoms with E-state index >= 15 is 0 Å². The van der Waals surface area contributed by atoms with E-state index in [-0.39, 0.29) is 12.4 Å². The van der Waals surface area contributed by atoms with Crippen LogP contribution in [0.4, 0.5) is 0 Å². The molecule has 102 valence electrons. The van der Waals surface area contributed by atoms with E-state index in [0.717, 1.165) is 15.5 Å². The largest absolute Gasteiger partial charge is 0.507 e. The van der Waals surface area contributed by atoms with Gasteiger partial charge < -0.3 is 14.8 Å². The van der Waals surface area contributed by atoms with E-state index < -0.39 is 0 Å². The van der Waals surface area contributed by atoms with Crippen molar-refractivity contribution in [1.29, 1.82) is 0 Å². The predicted octanol–water partition coefficient (Wildman–Crippen LogP) is 3.16. The van der Waals surface area contributed by atoms with Crippen molar-refractivity contribution in [3.63, 3.8) is 0 Å². The Balaban J connectivity index is 2.26. The normalized spacial score (nSPS) is 11.1. The van der Waals surface area contributed by atoms with Crippen molar-refractivity contribution in [1.82, 2.24) is 9.55 Å². The van der Waals surface area contributed by atoms with Crippen LogP contribution in [0.15, 0.2) is 46.9 Å². The first kappa shape index (κ1) is 13.1. The van der Waals surface area contributed by atoms with Gasteiger partial charge in [0.15, 0.2) is 0 Å². The van der Waals surface area contributed by atoms with Crippen LogP contribution in [0.2, 0.25) is 0 Å². The summed E-state index contributed by atoms with van der Waals surface area (Å²) >= 11 is 3.33. The van der Waals surface area contributed by atoms with Crippen molar-refractivity contribution >= 4 is 27.0 Å². The van der Waals surface area contributed by atoms with Crippen LogP contribution in [-0.2, 0) is 6.54 Å². The van der Waals surface area contributed by atoms with Crippen LogP contribution in [0.3, 0.4) is 0 Å². The summed E-state index contributed by atoms with van der Waals surface area (Å²) in [6, 6.07) is 13.0. The number of phenols is 1. The lowest BCUT2D eigenvalue weighted by atomic mass is 10.2. The number of para-hydroxylation sites is 2. The molecule has 0 fully saturated rings. The van der Waals surface area contributed by atoms with Crippen LogP contribution in [0.1, 0.15) is 0 Å². The van der Waals surface area contributed by atoms with Crippen molar-refractivity contribution in [3.05, 3.63) is 46.9 Å². The Hall–Kier alpha value is -1.85. The lowest BCUT2D eigenvalue weighted by Gasteiger charge is -2.09. The van der Waals surface area contributed by atoms with Crippen molar-refractivity contribution in [2.45, 2.75) is 6.54 Å². The topological polar surface area (TPSA) is 58.3 Å². The van der Waals surface area contributed by atoms with Gasteiger partial charge >= 0.3 is 0 Å². The third kappa shape index (κ3) is 2.19. The second kappa shape index (κ2) is 5.26. The van der Waals surface area contributed by atoms with E-state index in [9.17, 15) is 10.2 Å². The van der Waals surface area contributed by atoms with Gasteiger partial charge in [-0.1, -0.05) is 28.1 Å². The molecule has 0 aliphatic heterocycles. The highest BCUT2D eigenvalue weighted by Gasteiger charge is 2.15. The first-order valence-electron chi connectivity index (χ1n) is 6.25. The maximum absolute atomic E-state index is 10.1. The molecule has 1 aromatic heterocycles. The summed E-state index contributed by atoms with van der Waals surface area (Å²) in [6.07, 6.45) is 0. The third-order valence-electron chi connectivity index (χ3n) is 3.18. The fraction of sp³-hybridized carbons (Fsp3) is 0.133. The number of benzene rings is 2. The van der Waals surface area contributed by atoms with E-state index in [2.05, 4.69) is 20.9 Å². The number of aromatic nitrogens is 2. The molecule has 2 N–H and O–H groups in total. The molecule has 0 aliphatic carbocycles. The van der Waals surface area contributed by atoms with Gasteiger partial charge in [-0.2, -0.15) is 0 Å². The van der Waals surface area contributed by atoms with Crippen LogP contribution in [0, 0.1) is 0 Å². The van der Waals surface area contributed by atoms with Gasteiger partial charge in [0.05, 0.1) is 23.2 Å². The van der Waals surface area contributed by atoms with Crippen molar-refractivity contribution < 1.29 is 10.2 Å². The number of halogens is 1. The van der Waals surface area contributed by atoms with Crippen LogP contribution < -0.4 is 0 Å². The molecule has 0 saturated carbocycles. The zero-order valence-electron chi connectivity index (χ0n) is 10.6. The molecule has 3 rings (SSSR count). The van der Waals surface area contributed by atoms with Gasteiger partial charge in [-0.25, -0.2) is 4.98 Å². The predicted molar refractivity (Wildman–Crippen MR) is 81.6 cm³/mol. The van der Waals surface area contributed by atoms with Gasteiger partial charge in [0.1, 0.15) is 11.6 Å². The summed E-state index contributed by atoms with van der Waals surface area (Å²) in [5, 5.41) is 19.4. The van der Waals surface area contributed by atoms with Gasteiger partial charge in [0.2, 0.25) is 0 Å². The van der Waals surface area contributed by atoms with E-state index in [4.69, 9.17) is 0 Å². The fourth-order valence-electron chi connectivity index (χ4n) is 2.30. The van der Waals surface area contributed by atoms with E-state index in [1.165, 1.54) is 0 Å². The Morgan fingerprint density at radius 2 is 1.95 bits per heavy atom. The molecule has 0 radical (unpaired) electrons.